The maximum atomic E-state index is 4.32. The van der Waals surface area contributed by atoms with Gasteiger partial charge in [-0.05, 0) is 49.6 Å². The Morgan fingerprint density at radius 3 is 2.76 bits per heavy atom. The second-order valence-electron chi connectivity index (χ2n) is 7.50. The minimum atomic E-state index is 0.576. The molecule has 3 heteroatoms. The minimum Gasteiger partial charge on any atom is -0.302 e. The zero-order chi connectivity index (χ0) is 14.7. The van der Waals surface area contributed by atoms with E-state index in [0.717, 1.165) is 5.92 Å². The number of aromatic amines is 1. The number of rotatable bonds is 4. The van der Waals surface area contributed by atoms with E-state index in [2.05, 4.69) is 28.9 Å². The van der Waals surface area contributed by atoms with Crippen molar-refractivity contribution in [1.82, 2.24) is 15.1 Å². The van der Waals surface area contributed by atoms with Crippen LogP contribution >= 0.6 is 0 Å². The molecule has 3 nitrogen and oxygen atoms in total. The van der Waals surface area contributed by atoms with Crippen molar-refractivity contribution >= 4 is 0 Å². The second-order valence-corrected chi connectivity index (χ2v) is 7.50. The van der Waals surface area contributed by atoms with E-state index in [-0.39, 0.29) is 0 Å². The molecule has 1 aromatic rings. The van der Waals surface area contributed by atoms with Crippen LogP contribution < -0.4 is 0 Å². The van der Waals surface area contributed by atoms with Crippen molar-refractivity contribution in [2.24, 2.45) is 5.92 Å². The lowest BCUT2D eigenvalue weighted by Crippen LogP contribution is -2.38. The fraction of sp³-hybridized carbons (Fsp3) is 0.833. The minimum absolute atomic E-state index is 0.576. The highest BCUT2D eigenvalue weighted by Crippen LogP contribution is 2.32. The van der Waals surface area contributed by atoms with E-state index in [1.54, 1.807) is 0 Å². The van der Waals surface area contributed by atoms with Gasteiger partial charge in [-0.15, -0.1) is 0 Å². The van der Waals surface area contributed by atoms with E-state index in [9.17, 15) is 0 Å². The highest BCUT2D eigenvalue weighted by atomic mass is 15.2. The van der Waals surface area contributed by atoms with Gasteiger partial charge < -0.3 is 4.90 Å². The Hall–Kier alpha value is -0.830. The number of hydrogen-bond donors (Lipinski definition) is 1. The fourth-order valence-corrected chi connectivity index (χ4v) is 4.28. The Morgan fingerprint density at radius 2 is 2.00 bits per heavy atom. The smallest absolute Gasteiger partial charge is 0.0524 e. The number of H-pyrrole nitrogens is 1. The largest absolute Gasteiger partial charge is 0.302 e. The highest BCUT2D eigenvalue weighted by molar-refractivity contribution is 5.24. The molecule has 118 valence electrons. The molecule has 1 saturated carbocycles. The fourth-order valence-electron chi connectivity index (χ4n) is 4.28. The van der Waals surface area contributed by atoms with Gasteiger partial charge in [0.05, 0.1) is 6.20 Å². The molecule has 1 aliphatic heterocycles. The van der Waals surface area contributed by atoms with Gasteiger partial charge in [0.25, 0.3) is 0 Å². The number of nitrogens with zero attached hydrogens (tertiary/aromatic N) is 2. The maximum absolute atomic E-state index is 4.32. The van der Waals surface area contributed by atoms with Crippen molar-refractivity contribution in [2.45, 2.75) is 70.6 Å². The summed E-state index contributed by atoms with van der Waals surface area (Å²) >= 11 is 0. The first-order valence-electron chi connectivity index (χ1n) is 8.99. The van der Waals surface area contributed by atoms with E-state index >= 15 is 0 Å². The van der Waals surface area contributed by atoms with Crippen LogP contribution in [0.1, 0.15) is 81.9 Å². The maximum Gasteiger partial charge on any atom is 0.0524 e. The summed E-state index contributed by atoms with van der Waals surface area (Å²) in [6, 6.07) is 0. The Morgan fingerprint density at radius 1 is 1.19 bits per heavy atom. The number of aromatic nitrogens is 2. The molecule has 1 aromatic heterocycles. The summed E-state index contributed by atoms with van der Waals surface area (Å²) in [5.74, 6) is 2.21. The number of nitrogens with one attached hydrogen (secondary N) is 1. The monoisotopic (exact) mass is 289 g/mol. The third-order valence-corrected chi connectivity index (χ3v) is 5.48. The van der Waals surface area contributed by atoms with E-state index in [4.69, 9.17) is 0 Å². The molecule has 21 heavy (non-hydrogen) atoms. The summed E-state index contributed by atoms with van der Waals surface area (Å²) < 4.78 is 0. The molecule has 1 N–H and O–H groups in total. The zero-order valence-corrected chi connectivity index (χ0v) is 13.8. The molecular weight excluding hydrogens is 258 g/mol. The van der Waals surface area contributed by atoms with Crippen molar-refractivity contribution in [3.8, 4) is 0 Å². The van der Waals surface area contributed by atoms with Crippen molar-refractivity contribution in [3.63, 3.8) is 0 Å². The lowest BCUT2D eigenvalue weighted by molar-refractivity contribution is 0.159. The molecule has 0 amide bonds. The van der Waals surface area contributed by atoms with Crippen LogP contribution in [0.4, 0.5) is 0 Å². The number of likely N-dealkylation sites (tertiary alicyclic amines) is 1. The summed E-state index contributed by atoms with van der Waals surface area (Å²) in [5, 5.41) is 7.62. The van der Waals surface area contributed by atoms with Crippen molar-refractivity contribution in [2.75, 3.05) is 19.6 Å². The Kier molecular flexibility index (Phi) is 4.99. The summed E-state index contributed by atoms with van der Waals surface area (Å²) in [7, 11) is 0. The number of piperidine rings is 1. The zero-order valence-electron chi connectivity index (χ0n) is 13.8. The van der Waals surface area contributed by atoms with Crippen LogP contribution in [0.5, 0.6) is 0 Å². The normalized spacial score (nSPS) is 25.6. The van der Waals surface area contributed by atoms with Crippen molar-refractivity contribution < 1.29 is 0 Å². The summed E-state index contributed by atoms with van der Waals surface area (Å²) in [6.07, 6.45) is 12.0. The molecule has 2 heterocycles. The molecule has 2 fully saturated rings. The summed E-state index contributed by atoms with van der Waals surface area (Å²) in [6.45, 7) is 8.42. The predicted octanol–water partition coefficient (Wildman–Crippen LogP) is 4.29. The van der Waals surface area contributed by atoms with Crippen LogP contribution in [0.25, 0.3) is 0 Å². The lowest BCUT2D eigenvalue weighted by Gasteiger charge is -2.36. The quantitative estimate of drug-likeness (QED) is 0.896. The molecule has 0 bridgehead atoms. The van der Waals surface area contributed by atoms with E-state index < -0.39 is 0 Å². The third-order valence-electron chi connectivity index (χ3n) is 5.48. The van der Waals surface area contributed by atoms with Crippen LogP contribution in [-0.4, -0.2) is 34.7 Å². The average Bonchev–Trinajstić information content (AvgIpc) is 2.98. The van der Waals surface area contributed by atoms with Gasteiger partial charge in [0.15, 0.2) is 0 Å². The van der Waals surface area contributed by atoms with Gasteiger partial charge >= 0.3 is 0 Å². The summed E-state index contributed by atoms with van der Waals surface area (Å²) in [4.78, 5) is 2.73. The number of hydrogen-bond acceptors (Lipinski definition) is 2. The Labute approximate surface area is 129 Å². The Balaban J connectivity index is 1.61. The molecule has 0 radical (unpaired) electrons. The first-order valence-corrected chi connectivity index (χ1v) is 8.99. The van der Waals surface area contributed by atoms with Gasteiger partial charge in [-0.2, -0.15) is 5.10 Å². The van der Waals surface area contributed by atoms with E-state index in [1.165, 1.54) is 75.8 Å². The molecular formula is C18H31N3. The van der Waals surface area contributed by atoms with Crippen LogP contribution in [0, 0.1) is 5.92 Å². The van der Waals surface area contributed by atoms with Crippen molar-refractivity contribution in [3.05, 3.63) is 17.5 Å². The van der Waals surface area contributed by atoms with E-state index in [1.807, 2.05) is 6.20 Å². The van der Waals surface area contributed by atoms with Crippen molar-refractivity contribution in [1.29, 1.82) is 0 Å². The molecule has 2 aliphatic rings. The van der Waals surface area contributed by atoms with Gasteiger partial charge in [0.2, 0.25) is 0 Å². The van der Waals surface area contributed by atoms with E-state index in [0.29, 0.717) is 11.8 Å². The van der Waals surface area contributed by atoms with Gasteiger partial charge in [-0.3, -0.25) is 5.10 Å². The van der Waals surface area contributed by atoms with Gasteiger partial charge in [0, 0.05) is 24.7 Å². The molecule has 0 aromatic carbocycles. The topological polar surface area (TPSA) is 31.9 Å². The van der Waals surface area contributed by atoms with Crippen LogP contribution in [0.15, 0.2) is 6.20 Å². The summed E-state index contributed by atoms with van der Waals surface area (Å²) in [5.41, 5.74) is 2.85. The first kappa shape index (κ1) is 15.1. The average molecular weight is 289 g/mol. The predicted molar refractivity (Wildman–Crippen MR) is 87.7 cm³/mol. The standard InChI is InChI=1S/C18H31N3/c1-14(2)17-11-19-20-18(17)16-9-6-10-21(13-16)12-15-7-4-3-5-8-15/h11,14-16H,3-10,12-13H2,1-2H3,(H,19,20)/t16-/m0/s1. The second kappa shape index (κ2) is 6.95. The molecule has 1 saturated heterocycles. The molecule has 0 unspecified atom stereocenters. The van der Waals surface area contributed by atoms with Gasteiger partial charge in [-0.25, -0.2) is 0 Å². The molecule has 0 spiro atoms. The molecule has 1 aliphatic carbocycles. The van der Waals surface area contributed by atoms with Crippen LogP contribution in [-0.2, 0) is 0 Å². The lowest BCUT2D eigenvalue weighted by atomic mass is 9.86. The van der Waals surface area contributed by atoms with Gasteiger partial charge in [0.1, 0.15) is 0 Å². The first-order chi connectivity index (χ1) is 10.2. The molecule has 3 rings (SSSR count). The SMILES string of the molecule is CC(C)c1cn[nH]c1[C@H]1CCCN(CC2CCCCC2)C1. The van der Waals surface area contributed by atoms with Crippen LogP contribution in [0.3, 0.4) is 0 Å². The third kappa shape index (κ3) is 3.68. The van der Waals surface area contributed by atoms with Crippen LogP contribution in [0.2, 0.25) is 0 Å². The highest BCUT2D eigenvalue weighted by Gasteiger charge is 2.27. The Bertz CT molecular complexity index is 431. The van der Waals surface area contributed by atoms with Gasteiger partial charge in [-0.1, -0.05) is 33.1 Å². The molecule has 1 atom stereocenters.